The predicted octanol–water partition coefficient (Wildman–Crippen LogP) is 2.33. The highest BCUT2D eigenvalue weighted by Gasteiger charge is 2.37. The second-order valence-corrected chi connectivity index (χ2v) is 5.31. The van der Waals surface area contributed by atoms with E-state index >= 15 is 0 Å². The summed E-state index contributed by atoms with van der Waals surface area (Å²) in [5, 5.41) is 3.71. The van der Waals surface area contributed by atoms with Crippen molar-refractivity contribution in [3.63, 3.8) is 0 Å². The van der Waals surface area contributed by atoms with Crippen LogP contribution in [0.25, 0.3) is 0 Å². The van der Waals surface area contributed by atoms with Gasteiger partial charge in [0.15, 0.2) is 0 Å². The minimum atomic E-state index is 0.508. The van der Waals surface area contributed by atoms with Gasteiger partial charge >= 0.3 is 0 Å². The van der Waals surface area contributed by atoms with Crippen LogP contribution in [0.2, 0.25) is 0 Å². The van der Waals surface area contributed by atoms with Gasteiger partial charge in [0.2, 0.25) is 0 Å². The molecule has 1 saturated carbocycles. The average molecular weight is 197 g/mol. The SMILES string of the molecule is CCC1CC(NCC2(C)CC2)CCO1. The lowest BCUT2D eigenvalue weighted by Gasteiger charge is -2.30. The summed E-state index contributed by atoms with van der Waals surface area (Å²) in [4.78, 5) is 0. The van der Waals surface area contributed by atoms with Crippen molar-refractivity contribution in [2.24, 2.45) is 5.41 Å². The van der Waals surface area contributed by atoms with E-state index in [1.54, 1.807) is 0 Å². The Kier molecular flexibility index (Phi) is 3.13. The second kappa shape index (κ2) is 4.19. The van der Waals surface area contributed by atoms with E-state index in [1.807, 2.05) is 0 Å². The molecule has 0 bridgehead atoms. The van der Waals surface area contributed by atoms with Crippen molar-refractivity contribution in [1.82, 2.24) is 5.32 Å². The van der Waals surface area contributed by atoms with Gasteiger partial charge in [-0.1, -0.05) is 13.8 Å². The summed E-state index contributed by atoms with van der Waals surface area (Å²) in [6, 6.07) is 0.714. The molecule has 82 valence electrons. The van der Waals surface area contributed by atoms with Crippen LogP contribution in [0.3, 0.4) is 0 Å². The van der Waals surface area contributed by atoms with Gasteiger partial charge in [0.1, 0.15) is 0 Å². The van der Waals surface area contributed by atoms with Crippen molar-refractivity contribution in [2.75, 3.05) is 13.2 Å². The molecule has 2 aliphatic rings. The summed E-state index contributed by atoms with van der Waals surface area (Å²) in [5.74, 6) is 0. The van der Waals surface area contributed by atoms with E-state index in [2.05, 4.69) is 19.2 Å². The summed E-state index contributed by atoms with van der Waals surface area (Å²) < 4.78 is 5.66. The summed E-state index contributed by atoms with van der Waals surface area (Å²) in [6.07, 6.45) is 6.92. The van der Waals surface area contributed by atoms with Crippen molar-refractivity contribution < 1.29 is 4.74 Å². The molecule has 0 amide bonds. The van der Waals surface area contributed by atoms with Crippen LogP contribution in [-0.4, -0.2) is 25.3 Å². The normalized spacial score (nSPS) is 35.6. The smallest absolute Gasteiger partial charge is 0.0587 e. The third kappa shape index (κ3) is 2.71. The van der Waals surface area contributed by atoms with E-state index < -0.39 is 0 Å². The van der Waals surface area contributed by atoms with Crippen LogP contribution in [0, 0.1) is 5.41 Å². The quantitative estimate of drug-likeness (QED) is 0.747. The average Bonchev–Trinajstić information content (AvgIpc) is 2.95. The minimum Gasteiger partial charge on any atom is -0.378 e. The molecule has 2 heteroatoms. The fraction of sp³-hybridized carbons (Fsp3) is 1.00. The molecule has 2 atom stereocenters. The maximum absolute atomic E-state index is 5.66. The van der Waals surface area contributed by atoms with Gasteiger partial charge in [-0.2, -0.15) is 0 Å². The van der Waals surface area contributed by atoms with Gasteiger partial charge in [0, 0.05) is 19.2 Å². The number of nitrogens with one attached hydrogen (secondary N) is 1. The number of hydrogen-bond donors (Lipinski definition) is 1. The zero-order chi connectivity index (χ0) is 10.0. The third-order valence-corrected chi connectivity index (χ3v) is 3.74. The minimum absolute atomic E-state index is 0.508. The van der Waals surface area contributed by atoms with Crippen molar-refractivity contribution in [1.29, 1.82) is 0 Å². The fourth-order valence-corrected chi connectivity index (χ4v) is 2.13. The van der Waals surface area contributed by atoms with Crippen LogP contribution in [0.1, 0.15) is 46.0 Å². The molecule has 0 spiro atoms. The topological polar surface area (TPSA) is 21.3 Å². The Labute approximate surface area is 87.4 Å². The van der Waals surface area contributed by atoms with Gasteiger partial charge in [0.25, 0.3) is 0 Å². The maximum Gasteiger partial charge on any atom is 0.0587 e. The lowest BCUT2D eigenvalue weighted by Crippen LogP contribution is -2.40. The van der Waals surface area contributed by atoms with Gasteiger partial charge in [0.05, 0.1) is 6.10 Å². The largest absolute Gasteiger partial charge is 0.378 e. The van der Waals surface area contributed by atoms with Gasteiger partial charge < -0.3 is 10.1 Å². The Morgan fingerprint density at radius 1 is 1.43 bits per heavy atom. The first-order valence-electron chi connectivity index (χ1n) is 6.07. The van der Waals surface area contributed by atoms with E-state index in [0.29, 0.717) is 17.6 Å². The molecule has 1 aliphatic heterocycles. The van der Waals surface area contributed by atoms with Crippen LogP contribution in [-0.2, 0) is 4.74 Å². The molecule has 0 aromatic carbocycles. The summed E-state index contributed by atoms with van der Waals surface area (Å²) in [5.41, 5.74) is 0.639. The molecule has 0 aromatic rings. The van der Waals surface area contributed by atoms with Crippen LogP contribution >= 0.6 is 0 Å². The Balaban J connectivity index is 1.69. The van der Waals surface area contributed by atoms with Gasteiger partial charge in [-0.05, 0) is 37.5 Å². The fourth-order valence-electron chi connectivity index (χ4n) is 2.13. The summed E-state index contributed by atoms with van der Waals surface area (Å²) in [7, 11) is 0. The van der Waals surface area contributed by atoms with Crippen LogP contribution in [0.4, 0.5) is 0 Å². The van der Waals surface area contributed by atoms with Crippen LogP contribution in [0.5, 0.6) is 0 Å². The Morgan fingerprint density at radius 3 is 2.86 bits per heavy atom. The molecular weight excluding hydrogens is 174 g/mol. The highest BCUT2D eigenvalue weighted by atomic mass is 16.5. The monoisotopic (exact) mass is 197 g/mol. The van der Waals surface area contributed by atoms with Crippen molar-refractivity contribution in [3.05, 3.63) is 0 Å². The van der Waals surface area contributed by atoms with Gasteiger partial charge in [-0.25, -0.2) is 0 Å². The molecule has 1 N–H and O–H groups in total. The first-order chi connectivity index (χ1) is 6.72. The van der Waals surface area contributed by atoms with Gasteiger partial charge in [-0.3, -0.25) is 0 Å². The first-order valence-corrected chi connectivity index (χ1v) is 6.07. The molecule has 1 aliphatic carbocycles. The van der Waals surface area contributed by atoms with Crippen molar-refractivity contribution >= 4 is 0 Å². The van der Waals surface area contributed by atoms with Gasteiger partial charge in [-0.15, -0.1) is 0 Å². The number of rotatable bonds is 4. The molecule has 2 unspecified atom stereocenters. The predicted molar refractivity (Wildman–Crippen MR) is 58.4 cm³/mol. The van der Waals surface area contributed by atoms with E-state index in [1.165, 1.54) is 32.2 Å². The Bertz CT molecular complexity index is 189. The van der Waals surface area contributed by atoms with E-state index in [4.69, 9.17) is 4.74 Å². The molecule has 2 nitrogen and oxygen atoms in total. The highest BCUT2D eigenvalue weighted by Crippen LogP contribution is 2.44. The third-order valence-electron chi connectivity index (χ3n) is 3.74. The molecule has 2 rings (SSSR count). The number of ether oxygens (including phenoxy) is 1. The zero-order valence-corrected chi connectivity index (χ0v) is 9.51. The molecule has 14 heavy (non-hydrogen) atoms. The van der Waals surface area contributed by atoms with Crippen LogP contribution in [0.15, 0.2) is 0 Å². The van der Waals surface area contributed by atoms with E-state index in [-0.39, 0.29) is 0 Å². The molecule has 0 radical (unpaired) electrons. The molecule has 2 fully saturated rings. The maximum atomic E-state index is 5.66. The van der Waals surface area contributed by atoms with E-state index in [9.17, 15) is 0 Å². The summed E-state index contributed by atoms with van der Waals surface area (Å²) >= 11 is 0. The highest BCUT2D eigenvalue weighted by molar-refractivity contribution is 4.91. The molecule has 1 heterocycles. The van der Waals surface area contributed by atoms with Crippen molar-refractivity contribution in [2.45, 2.75) is 58.1 Å². The molecule has 1 saturated heterocycles. The van der Waals surface area contributed by atoms with E-state index in [0.717, 1.165) is 13.0 Å². The zero-order valence-electron chi connectivity index (χ0n) is 9.51. The summed E-state index contributed by atoms with van der Waals surface area (Å²) in [6.45, 7) is 6.77. The molecule has 0 aromatic heterocycles. The Morgan fingerprint density at radius 2 is 2.21 bits per heavy atom. The Hall–Kier alpha value is -0.0800. The second-order valence-electron chi connectivity index (χ2n) is 5.31. The van der Waals surface area contributed by atoms with Crippen molar-refractivity contribution in [3.8, 4) is 0 Å². The standard InChI is InChI=1S/C12H23NO/c1-3-11-8-10(4-7-14-11)13-9-12(2)5-6-12/h10-11,13H,3-9H2,1-2H3. The lowest BCUT2D eigenvalue weighted by molar-refractivity contribution is -0.000683. The van der Waals surface area contributed by atoms with Crippen LogP contribution < -0.4 is 5.32 Å². The number of hydrogen-bond acceptors (Lipinski definition) is 2. The lowest BCUT2D eigenvalue weighted by atomic mass is 10.0. The first kappa shape index (κ1) is 10.4. The molecular formula is C12H23NO.